The highest BCUT2D eigenvalue weighted by Gasteiger charge is 2.61. The van der Waals surface area contributed by atoms with E-state index in [2.05, 4.69) is 33.2 Å². The van der Waals surface area contributed by atoms with Crippen LogP contribution in [0, 0.1) is 3.57 Å². The van der Waals surface area contributed by atoms with Crippen molar-refractivity contribution in [1.29, 1.82) is 0 Å². The normalized spacial score (nSPS) is 21.0. The van der Waals surface area contributed by atoms with Gasteiger partial charge in [-0.2, -0.15) is 0 Å². The molecule has 0 bridgehead atoms. The number of rotatable bonds is 7. The number of aliphatic hydroxyl groups excluding tert-OH is 1. The number of benzene rings is 4. The minimum Gasteiger partial charge on any atom is -0.491 e. The van der Waals surface area contributed by atoms with Gasteiger partial charge in [-0.3, -0.25) is 9.59 Å². The molecule has 2 aliphatic rings. The maximum Gasteiger partial charge on any atom is 0.238 e. The summed E-state index contributed by atoms with van der Waals surface area (Å²) in [7, 11) is 0. The molecule has 0 saturated carbocycles. The lowest BCUT2D eigenvalue weighted by atomic mass is 9.59. The second-order valence-electron chi connectivity index (χ2n) is 10.2. The lowest BCUT2D eigenvalue weighted by Crippen LogP contribution is -2.56. The van der Waals surface area contributed by atoms with Crippen LogP contribution in [-0.2, 0) is 15.0 Å². The predicted octanol–water partition coefficient (Wildman–Crippen LogP) is 7.00. The number of anilines is 1. The molecule has 2 heterocycles. The average Bonchev–Trinajstić information content (AvgIpc) is 3.25. The van der Waals surface area contributed by atoms with Gasteiger partial charge in [0.15, 0.2) is 0 Å². The Labute approximate surface area is 266 Å². The van der Waals surface area contributed by atoms with E-state index in [9.17, 15) is 9.59 Å². The summed E-state index contributed by atoms with van der Waals surface area (Å²) in [5, 5.41) is 16.3. The Morgan fingerprint density at radius 3 is 2.45 bits per heavy atom. The van der Waals surface area contributed by atoms with Gasteiger partial charge >= 0.3 is 0 Å². The van der Waals surface area contributed by atoms with Crippen molar-refractivity contribution in [3.05, 3.63) is 115 Å². The standard InChI is InChI=1S/C32H25Cl2IN2O5/c33-19-3-1-2-18(14-19)26-17-29(39)37-30(32(26)25-10-4-20(34)15-27(25)36-31(32)40)24-16-21(35)5-11-28(24)42-23-8-6-22(7-9-23)41-13-12-38/h1-11,14-16,26,30,38H,12-13,17H2,(H,36,40)(H,37,39)/t26-,30+,32-/m0/s1. The zero-order valence-electron chi connectivity index (χ0n) is 22.1. The Kier molecular flexibility index (Phi) is 8.06. The van der Waals surface area contributed by atoms with Crippen molar-refractivity contribution >= 4 is 63.3 Å². The van der Waals surface area contributed by atoms with Gasteiger partial charge in [0.2, 0.25) is 11.8 Å². The van der Waals surface area contributed by atoms with Crippen LogP contribution in [0.2, 0.25) is 10.0 Å². The first-order chi connectivity index (χ1) is 20.3. The first-order valence-corrected chi connectivity index (χ1v) is 15.1. The molecule has 10 heteroatoms. The first kappa shape index (κ1) is 28.8. The molecule has 0 radical (unpaired) electrons. The van der Waals surface area contributed by atoms with Crippen molar-refractivity contribution < 1.29 is 24.2 Å². The molecule has 1 saturated heterocycles. The van der Waals surface area contributed by atoms with Gasteiger partial charge in [-0.05, 0) is 100 Å². The van der Waals surface area contributed by atoms with Crippen LogP contribution in [-0.4, -0.2) is 30.1 Å². The van der Waals surface area contributed by atoms with Gasteiger partial charge < -0.3 is 25.2 Å². The van der Waals surface area contributed by atoms with E-state index in [1.165, 1.54) is 0 Å². The average molecular weight is 715 g/mol. The van der Waals surface area contributed by atoms with E-state index in [1.807, 2.05) is 42.5 Å². The van der Waals surface area contributed by atoms with Crippen LogP contribution in [0.15, 0.2) is 84.9 Å². The fourth-order valence-corrected chi connectivity index (χ4v) is 6.89. The lowest BCUT2D eigenvalue weighted by molar-refractivity contribution is -0.131. The van der Waals surface area contributed by atoms with Gasteiger partial charge in [0.1, 0.15) is 29.3 Å². The van der Waals surface area contributed by atoms with Gasteiger partial charge in [-0.15, -0.1) is 0 Å². The molecule has 4 aromatic rings. The molecule has 0 aliphatic carbocycles. The maximum atomic E-state index is 14.3. The zero-order valence-corrected chi connectivity index (χ0v) is 25.7. The number of nitrogens with one attached hydrogen (secondary N) is 2. The van der Waals surface area contributed by atoms with Crippen LogP contribution in [0.1, 0.15) is 35.1 Å². The molecule has 1 spiro atoms. The minimum atomic E-state index is -1.23. The fraction of sp³-hybridized carbons (Fsp3) is 0.188. The van der Waals surface area contributed by atoms with Crippen molar-refractivity contribution in [3.8, 4) is 17.2 Å². The van der Waals surface area contributed by atoms with Crippen molar-refractivity contribution in [2.45, 2.75) is 23.8 Å². The Balaban J connectivity index is 1.52. The summed E-state index contributed by atoms with van der Waals surface area (Å²) >= 11 is 15.0. The summed E-state index contributed by atoms with van der Waals surface area (Å²) in [6, 6.07) is 24.6. The SMILES string of the molecule is O=C1C[C@@H](c2cccc(Cl)c2)[C@]2(C(=O)Nc3cc(Cl)ccc32)[C@@H](c2cc(I)ccc2Oc2ccc(OCCO)cc2)N1. The molecule has 6 rings (SSSR count). The maximum absolute atomic E-state index is 14.3. The first-order valence-electron chi connectivity index (χ1n) is 13.3. The number of aliphatic hydroxyl groups is 1. The van der Waals surface area contributed by atoms with Gasteiger partial charge in [-0.1, -0.05) is 41.4 Å². The molecular formula is C32H25Cl2IN2O5. The second kappa shape index (κ2) is 11.8. The van der Waals surface area contributed by atoms with Crippen LogP contribution in [0.4, 0.5) is 5.69 Å². The summed E-state index contributed by atoms with van der Waals surface area (Å²) in [5.41, 5.74) is 1.55. The Bertz CT molecular complexity index is 1680. The Morgan fingerprint density at radius 1 is 0.929 bits per heavy atom. The van der Waals surface area contributed by atoms with E-state index in [-0.39, 0.29) is 31.4 Å². The molecule has 4 aromatic carbocycles. The molecular weight excluding hydrogens is 690 g/mol. The van der Waals surface area contributed by atoms with Crippen LogP contribution in [0.3, 0.4) is 0 Å². The summed E-state index contributed by atoms with van der Waals surface area (Å²) in [4.78, 5) is 27.8. The number of piperidine rings is 1. The van der Waals surface area contributed by atoms with Crippen molar-refractivity contribution in [3.63, 3.8) is 0 Å². The number of ether oxygens (including phenoxy) is 2. The van der Waals surface area contributed by atoms with Crippen molar-refractivity contribution in [2.75, 3.05) is 18.5 Å². The summed E-state index contributed by atoms with van der Waals surface area (Å²) in [6.45, 7) is 0.103. The van der Waals surface area contributed by atoms with Crippen LogP contribution < -0.4 is 20.1 Å². The van der Waals surface area contributed by atoms with E-state index in [4.69, 9.17) is 37.8 Å². The van der Waals surface area contributed by atoms with Crippen LogP contribution in [0.25, 0.3) is 0 Å². The number of amides is 2. The molecule has 3 atom stereocenters. The smallest absolute Gasteiger partial charge is 0.238 e. The molecule has 2 aliphatic heterocycles. The number of halogens is 3. The fourth-order valence-electron chi connectivity index (χ4n) is 6.00. The minimum absolute atomic E-state index is 0.0851. The Hall–Kier alpha value is -3.31. The summed E-state index contributed by atoms with van der Waals surface area (Å²) < 4.78 is 12.8. The van der Waals surface area contributed by atoms with Gasteiger partial charge in [0.25, 0.3) is 0 Å². The summed E-state index contributed by atoms with van der Waals surface area (Å²) in [6.07, 6.45) is 0.0851. The van der Waals surface area contributed by atoms with Crippen molar-refractivity contribution in [1.82, 2.24) is 5.32 Å². The lowest BCUT2D eigenvalue weighted by Gasteiger charge is -2.46. The van der Waals surface area contributed by atoms with Crippen molar-refractivity contribution in [2.24, 2.45) is 0 Å². The van der Waals surface area contributed by atoms with Gasteiger partial charge in [-0.25, -0.2) is 0 Å². The molecule has 1 fully saturated rings. The zero-order chi connectivity index (χ0) is 29.4. The van der Waals surface area contributed by atoms with E-state index in [0.717, 1.165) is 14.7 Å². The van der Waals surface area contributed by atoms with Gasteiger partial charge in [0.05, 0.1) is 12.6 Å². The highest BCUT2D eigenvalue weighted by Crippen LogP contribution is 2.58. The topological polar surface area (TPSA) is 96.9 Å². The highest BCUT2D eigenvalue weighted by molar-refractivity contribution is 14.1. The molecule has 214 valence electrons. The number of carbonyl (C=O) groups excluding carboxylic acids is 2. The van der Waals surface area contributed by atoms with Crippen LogP contribution >= 0.6 is 45.8 Å². The molecule has 3 N–H and O–H groups in total. The van der Waals surface area contributed by atoms with Crippen LogP contribution in [0.5, 0.6) is 17.2 Å². The number of fused-ring (bicyclic) bond motifs is 2. The number of hydrogen-bond donors (Lipinski definition) is 3. The van der Waals surface area contributed by atoms with E-state index in [0.29, 0.717) is 38.5 Å². The largest absolute Gasteiger partial charge is 0.491 e. The third kappa shape index (κ3) is 5.21. The summed E-state index contributed by atoms with van der Waals surface area (Å²) in [5.74, 6) is 0.655. The second-order valence-corrected chi connectivity index (χ2v) is 12.3. The quantitative estimate of drug-likeness (QED) is 0.179. The molecule has 2 amide bonds. The molecule has 0 unspecified atom stereocenters. The third-order valence-corrected chi connectivity index (χ3v) is 8.84. The number of hydrogen-bond acceptors (Lipinski definition) is 5. The highest BCUT2D eigenvalue weighted by atomic mass is 127. The van der Waals surface area contributed by atoms with Gasteiger partial charge in [0, 0.05) is 37.2 Å². The van der Waals surface area contributed by atoms with E-state index < -0.39 is 17.4 Å². The van der Waals surface area contributed by atoms with E-state index in [1.54, 1.807) is 42.5 Å². The van der Waals surface area contributed by atoms with E-state index >= 15 is 0 Å². The number of carbonyl (C=O) groups is 2. The molecule has 42 heavy (non-hydrogen) atoms. The Morgan fingerprint density at radius 2 is 1.69 bits per heavy atom. The third-order valence-electron chi connectivity index (χ3n) is 7.70. The molecule has 7 nitrogen and oxygen atoms in total. The molecule has 0 aromatic heterocycles. The monoisotopic (exact) mass is 714 g/mol. The predicted molar refractivity (Wildman–Crippen MR) is 170 cm³/mol.